The molecular formula is C4H13NP2. The van der Waals surface area contributed by atoms with Gasteiger partial charge in [0.15, 0.2) is 0 Å². The summed E-state index contributed by atoms with van der Waals surface area (Å²) >= 11 is 0. The Morgan fingerprint density at radius 2 is 1.43 bits per heavy atom. The lowest BCUT2D eigenvalue weighted by atomic mass is 10.7. The van der Waals surface area contributed by atoms with E-state index in [-0.39, 0.29) is 0 Å². The number of nitrogens with one attached hydrogen (secondary N) is 1. The Morgan fingerprint density at radius 3 is 1.71 bits per heavy atom. The summed E-state index contributed by atoms with van der Waals surface area (Å²) in [5.41, 5.74) is 0. The zero-order valence-electron chi connectivity index (χ0n) is 4.48. The summed E-state index contributed by atoms with van der Waals surface area (Å²) < 4.78 is 0. The van der Waals surface area contributed by atoms with Gasteiger partial charge in [0.2, 0.25) is 0 Å². The fourth-order valence-corrected chi connectivity index (χ4v) is 0.737. The maximum absolute atomic E-state index is 3.24. The zero-order valence-corrected chi connectivity index (χ0v) is 6.79. The van der Waals surface area contributed by atoms with Crippen LogP contribution in [0.1, 0.15) is 0 Å². The Bertz CT molecular complexity index is 28.9. The smallest absolute Gasteiger partial charge is 0.00141 e. The summed E-state index contributed by atoms with van der Waals surface area (Å²) in [6.07, 6.45) is 2.31. The van der Waals surface area contributed by atoms with Crippen molar-refractivity contribution in [1.82, 2.24) is 5.32 Å². The molecule has 0 amide bonds. The molecule has 0 saturated carbocycles. The molecule has 0 heterocycles. The molecule has 1 nitrogen and oxygen atoms in total. The van der Waals surface area contributed by atoms with Crippen LogP contribution in [0.2, 0.25) is 0 Å². The van der Waals surface area contributed by atoms with E-state index in [0.29, 0.717) is 0 Å². The minimum Gasteiger partial charge on any atom is -0.316 e. The highest BCUT2D eigenvalue weighted by atomic mass is 31.0. The molecule has 0 radical (unpaired) electrons. The van der Waals surface area contributed by atoms with Crippen molar-refractivity contribution in [2.24, 2.45) is 0 Å². The lowest BCUT2D eigenvalue weighted by Gasteiger charge is -1.95. The van der Waals surface area contributed by atoms with Gasteiger partial charge in [-0.1, -0.05) is 0 Å². The molecule has 0 fully saturated rings. The van der Waals surface area contributed by atoms with Gasteiger partial charge in [-0.15, -0.1) is 18.5 Å². The minimum atomic E-state index is 1.12. The standard InChI is InChI=1S/C4H13NP2/c6-3-1-5-2-4-7/h5H,1-4,6-7H2. The van der Waals surface area contributed by atoms with E-state index in [9.17, 15) is 0 Å². The van der Waals surface area contributed by atoms with Crippen LogP contribution in [0, 0.1) is 0 Å². The molecule has 0 bridgehead atoms. The summed E-state index contributed by atoms with van der Waals surface area (Å²) in [5, 5.41) is 3.24. The molecule has 0 aromatic carbocycles. The Balaban J connectivity index is 2.45. The van der Waals surface area contributed by atoms with Gasteiger partial charge in [-0.2, -0.15) is 0 Å². The molecule has 44 valence electrons. The molecule has 0 aliphatic carbocycles. The van der Waals surface area contributed by atoms with Crippen molar-refractivity contribution >= 4 is 18.5 Å². The molecule has 7 heavy (non-hydrogen) atoms. The molecule has 0 saturated heterocycles. The quantitative estimate of drug-likeness (QED) is 0.435. The van der Waals surface area contributed by atoms with Crippen LogP contribution in [-0.4, -0.2) is 25.4 Å². The van der Waals surface area contributed by atoms with Gasteiger partial charge in [-0.3, -0.25) is 0 Å². The predicted octanol–water partition coefficient (Wildman–Crippen LogP) is 0.326. The van der Waals surface area contributed by atoms with Gasteiger partial charge in [0.25, 0.3) is 0 Å². The van der Waals surface area contributed by atoms with Crippen LogP contribution >= 0.6 is 18.5 Å². The van der Waals surface area contributed by atoms with Crippen LogP contribution in [-0.2, 0) is 0 Å². The maximum atomic E-state index is 3.24. The largest absolute Gasteiger partial charge is 0.316 e. The van der Waals surface area contributed by atoms with Gasteiger partial charge < -0.3 is 5.32 Å². The number of hydrogen-bond acceptors (Lipinski definition) is 1. The van der Waals surface area contributed by atoms with E-state index < -0.39 is 0 Å². The molecule has 1 N–H and O–H groups in total. The average molecular weight is 137 g/mol. The summed E-state index contributed by atoms with van der Waals surface area (Å²) in [5.74, 6) is 0. The minimum absolute atomic E-state index is 1.12. The Kier molecular flexibility index (Phi) is 7.62. The first-order chi connectivity index (χ1) is 3.41. The Hall–Kier alpha value is 0.820. The first kappa shape index (κ1) is 7.82. The molecule has 0 spiro atoms. The fourth-order valence-electron chi connectivity index (χ4n) is 0.329. The SMILES string of the molecule is PCCNCCP. The molecular weight excluding hydrogens is 124 g/mol. The van der Waals surface area contributed by atoms with Crippen molar-refractivity contribution in [2.45, 2.75) is 0 Å². The van der Waals surface area contributed by atoms with Crippen LogP contribution in [0.25, 0.3) is 0 Å². The first-order valence-electron chi connectivity index (χ1n) is 2.52. The van der Waals surface area contributed by atoms with Crippen molar-refractivity contribution in [3.8, 4) is 0 Å². The molecule has 0 aliphatic rings. The molecule has 3 heteroatoms. The Labute approximate surface area is 50.0 Å². The molecule has 0 aliphatic heterocycles. The van der Waals surface area contributed by atoms with Crippen molar-refractivity contribution < 1.29 is 0 Å². The van der Waals surface area contributed by atoms with Gasteiger partial charge in [0, 0.05) is 0 Å². The van der Waals surface area contributed by atoms with E-state index in [0.717, 1.165) is 25.4 Å². The van der Waals surface area contributed by atoms with E-state index in [2.05, 4.69) is 23.8 Å². The van der Waals surface area contributed by atoms with Crippen LogP contribution in [0.5, 0.6) is 0 Å². The van der Waals surface area contributed by atoms with Crippen molar-refractivity contribution in [2.75, 3.05) is 25.4 Å². The zero-order chi connectivity index (χ0) is 5.54. The third-order valence-electron chi connectivity index (χ3n) is 0.642. The fraction of sp³-hybridized carbons (Fsp3) is 1.00. The second-order valence-electron chi connectivity index (χ2n) is 1.33. The summed E-state index contributed by atoms with van der Waals surface area (Å²) in [6.45, 7) is 2.25. The average Bonchev–Trinajstić information content (AvgIpc) is 1.69. The normalized spacial score (nSPS) is 9.43. The molecule has 0 aromatic rings. The second-order valence-corrected chi connectivity index (χ2v) is 2.48. The van der Waals surface area contributed by atoms with Crippen LogP contribution in [0.3, 0.4) is 0 Å². The lowest BCUT2D eigenvalue weighted by Crippen LogP contribution is -2.18. The summed E-state index contributed by atoms with van der Waals surface area (Å²) in [4.78, 5) is 0. The highest BCUT2D eigenvalue weighted by molar-refractivity contribution is 7.16. The molecule has 2 unspecified atom stereocenters. The second kappa shape index (κ2) is 6.82. The van der Waals surface area contributed by atoms with Gasteiger partial charge in [0.05, 0.1) is 0 Å². The third-order valence-corrected chi connectivity index (χ3v) is 1.22. The van der Waals surface area contributed by atoms with Crippen LogP contribution in [0.15, 0.2) is 0 Å². The lowest BCUT2D eigenvalue weighted by molar-refractivity contribution is 0.774. The van der Waals surface area contributed by atoms with Gasteiger partial charge >= 0.3 is 0 Å². The van der Waals surface area contributed by atoms with E-state index in [1.54, 1.807) is 0 Å². The van der Waals surface area contributed by atoms with Crippen molar-refractivity contribution in [3.63, 3.8) is 0 Å². The summed E-state index contributed by atoms with van der Waals surface area (Å²) in [6, 6.07) is 0. The first-order valence-corrected chi connectivity index (χ1v) is 4.16. The third kappa shape index (κ3) is 6.82. The van der Waals surface area contributed by atoms with Crippen LogP contribution < -0.4 is 5.32 Å². The molecule has 0 rings (SSSR count). The molecule has 2 atom stereocenters. The monoisotopic (exact) mass is 137 g/mol. The number of hydrogen-bond donors (Lipinski definition) is 1. The Morgan fingerprint density at radius 1 is 1.00 bits per heavy atom. The maximum Gasteiger partial charge on any atom is -0.00141 e. The van der Waals surface area contributed by atoms with Gasteiger partial charge in [-0.05, 0) is 25.4 Å². The van der Waals surface area contributed by atoms with Crippen molar-refractivity contribution in [1.29, 1.82) is 0 Å². The van der Waals surface area contributed by atoms with E-state index in [1.807, 2.05) is 0 Å². The summed E-state index contributed by atoms with van der Waals surface area (Å²) in [7, 11) is 5.36. The van der Waals surface area contributed by atoms with Crippen molar-refractivity contribution in [3.05, 3.63) is 0 Å². The van der Waals surface area contributed by atoms with Gasteiger partial charge in [0.1, 0.15) is 0 Å². The highest BCUT2D eigenvalue weighted by Crippen LogP contribution is 1.77. The topological polar surface area (TPSA) is 12.0 Å². The molecule has 0 aromatic heterocycles. The van der Waals surface area contributed by atoms with Crippen LogP contribution in [0.4, 0.5) is 0 Å². The van der Waals surface area contributed by atoms with E-state index in [1.165, 1.54) is 0 Å². The number of rotatable bonds is 4. The van der Waals surface area contributed by atoms with E-state index in [4.69, 9.17) is 0 Å². The van der Waals surface area contributed by atoms with Gasteiger partial charge in [-0.25, -0.2) is 0 Å². The van der Waals surface area contributed by atoms with E-state index >= 15 is 0 Å². The predicted molar refractivity (Wildman–Crippen MR) is 42.0 cm³/mol. The highest BCUT2D eigenvalue weighted by Gasteiger charge is 1.76.